The summed E-state index contributed by atoms with van der Waals surface area (Å²) in [5.74, 6) is -1.85. The van der Waals surface area contributed by atoms with Gasteiger partial charge < -0.3 is 15.2 Å². The summed E-state index contributed by atoms with van der Waals surface area (Å²) >= 11 is 0. The number of aromatic nitrogens is 2. The molecule has 1 heterocycles. The van der Waals surface area contributed by atoms with Crippen LogP contribution < -0.4 is 10.1 Å². The Labute approximate surface area is 151 Å². The molecule has 0 atom stereocenters. The van der Waals surface area contributed by atoms with Crippen molar-refractivity contribution in [3.63, 3.8) is 0 Å². The van der Waals surface area contributed by atoms with Crippen LogP contribution in [-0.2, 0) is 6.42 Å². The Bertz CT molecular complexity index is 1010. The van der Waals surface area contributed by atoms with Crippen molar-refractivity contribution in [3.05, 3.63) is 53.7 Å². The van der Waals surface area contributed by atoms with Crippen LogP contribution in [-0.4, -0.2) is 27.4 Å². The summed E-state index contributed by atoms with van der Waals surface area (Å²) < 4.78 is 41.8. The number of hydrogen-bond donors (Lipinski definition) is 2. The van der Waals surface area contributed by atoms with Gasteiger partial charge in [-0.1, -0.05) is 25.1 Å². The number of halogens is 3. The highest BCUT2D eigenvalue weighted by Gasteiger charge is 2.32. The number of nitrogens with zero attached hydrogens (tertiary/aromatic N) is 2. The van der Waals surface area contributed by atoms with Crippen molar-refractivity contribution in [2.45, 2.75) is 19.7 Å². The van der Waals surface area contributed by atoms with Gasteiger partial charge in [-0.25, -0.2) is 14.8 Å². The molecule has 9 heteroatoms. The molecule has 2 aromatic carbocycles. The molecule has 3 rings (SSSR count). The molecule has 0 aliphatic carbocycles. The number of hydrogen-bond acceptors (Lipinski definition) is 5. The number of carboxylic acid groups (broad SMARTS) is 1. The highest BCUT2D eigenvalue weighted by molar-refractivity contribution is 5.90. The maximum Gasteiger partial charge on any atom is 0.573 e. The normalized spacial score (nSPS) is 11.4. The third kappa shape index (κ3) is 4.25. The van der Waals surface area contributed by atoms with E-state index in [0.717, 1.165) is 29.1 Å². The third-order valence-electron chi connectivity index (χ3n) is 3.77. The molecule has 140 valence electrons. The number of alkyl halides is 3. The number of para-hydroxylation sites is 1. The SMILES string of the molecule is CCc1cccc2cnc(Nc3cc(C(=O)O)ccc3OC(F)(F)F)nc12. The second-order valence-electron chi connectivity index (χ2n) is 5.59. The van der Waals surface area contributed by atoms with Gasteiger partial charge in [0.05, 0.1) is 16.8 Å². The Balaban J connectivity index is 2.04. The van der Waals surface area contributed by atoms with Crippen molar-refractivity contribution in [2.75, 3.05) is 5.32 Å². The van der Waals surface area contributed by atoms with Crippen LogP contribution >= 0.6 is 0 Å². The predicted molar refractivity (Wildman–Crippen MR) is 92.3 cm³/mol. The molecule has 0 radical (unpaired) electrons. The third-order valence-corrected chi connectivity index (χ3v) is 3.77. The van der Waals surface area contributed by atoms with E-state index < -0.39 is 18.1 Å². The van der Waals surface area contributed by atoms with Crippen molar-refractivity contribution in [2.24, 2.45) is 0 Å². The van der Waals surface area contributed by atoms with Crippen LogP contribution in [0.2, 0.25) is 0 Å². The molecule has 1 aromatic heterocycles. The number of anilines is 2. The van der Waals surface area contributed by atoms with Crippen LogP contribution in [0.5, 0.6) is 5.75 Å². The molecule has 6 nitrogen and oxygen atoms in total. The first kappa shape index (κ1) is 18.4. The first-order chi connectivity index (χ1) is 12.8. The molecule has 0 saturated carbocycles. The fourth-order valence-electron chi connectivity index (χ4n) is 2.56. The fraction of sp³-hybridized carbons (Fsp3) is 0.167. The van der Waals surface area contributed by atoms with E-state index in [1.807, 2.05) is 25.1 Å². The van der Waals surface area contributed by atoms with Gasteiger partial charge in [0.15, 0.2) is 5.75 Å². The van der Waals surface area contributed by atoms with E-state index in [1.54, 1.807) is 0 Å². The number of nitrogens with one attached hydrogen (secondary N) is 1. The van der Waals surface area contributed by atoms with Gasteiger partial charge in [0.25, 0.3) is 0 Å². The maximum atomic E-state index is 12.6. The zero-order valence-electron chi connectivity index (χ0n) is 14.0. The van der Waals surface area contributed by atoms with E-state index in [4.69, 9.17) is 5.11 Å². The molecular weight excluding hydrogens is 363 g/mol. The number of ether oxygens (including phenoxy) is 1. The van der Waals surface area contributed by atoms with E-state index in [9.17, 15) is 18.0 Å². The van der Waals surface area contributed by atoms with E-state index in [2.05, 4.69) is 20.0 Å². The van der Waals surface area contributed by atoms with Crippen LogP contribution in [0.25, 0.3) is 10.9 Å². The molecule has 0 fully saturated rings. The van der Waals surface area contributed by atoms with Gasteiger partial charge in [-0.15, -0.1) is 13.2 Å². The number of rotatable bonds is 5. The van der Waals surface area contributed by atoms with E-state index in [0.29, 0.717) is 11.9 Å². The Morgan fingerprint density at radius 2 is 2.04 bits per heavy atom. The Morgan fingerprint density at radius 1 is 1.26 bits per heavy atom. The lowest BCUT2D eigenvalue weighted by atomic mass is 10.1. The van der Waals surface area contributed by atoms with E-state index >= 15 is 0 Å². The highest BCUT2D eigenvalue weighted by Crippen LogP contribution is 2.33. The number of fused-ring (bicyclic) bond motifs is 1. The minimum Gasteiger partial charge on any atom is -0.478 e. The number of aromatic carboxylic acids is 1. The van der Waals surface area contributed by atoms with Crippen LogP contribution in [0.3, 0.4) is 0 Å². The van der Waals surface area contributed by atoms with Crippen molar-refractivity contribution in [3.8, 4) is 5.75 Å². The smallest absolute Gasteiger partial charge is 0.478 e. The highest BCUT2D eigenvalue weighted by atomic mass is 19.4. The first-order valence-corrected chi connectivity index (χ1v) is 7.91. The summed E-state index contributed by atoms with van der Waals surface area (Å²) in [6, 6.07) is 8.55. The van der Waals surface area contributed by atoms with Gasteiger partial charge in [-0.05, 0) is 30.2 Å². The lowest BCUT2D eigenvalue weighted by molar-refractivity contribution is -0.274. The van der Waals surface area contributed by atoms with Gasteiger partial charge in [-0.2, -0.15) is 0 Å². The predicted octanol–water partition coefficient (Wildman–Crippen LogP) is 4.53. The second-order valence-corrected chi connectivity index (χ2v) is 5.59. The number of benzene rings is 2. The van der Waals surface area contributed by atoms with Gasteiger partial charge in [-0.3, -0.25) is 0 Å². The van der Waals surface area contributed by atoms with Gasteiger partial charge in [0, 0.05) is 11.6 Å². The van der Waals surface area contributed by atoms with Crippen molar-refractivity contribution in [1.82, 2.24) is 9.97 Å². The Hall–Kier alpha value is -3.36. The zero-order chi connectivity index (χ0) is 19.6. The fourth-order valence-corrected chi connectivity index (χ4v) is 2.56. The molecule has 0 unspecified atom stereocenters. The Kier molecular flexibility index (Phi) is 4.85. The van der Waals surface area contributed by atoms with Crippen LogP contribution in [0.4, 0.5) is 24.8 Å². The lowest BCUT2D eigenvalue weighted by Gasteiger charge is -2.15. The molecule has 0 amide bonds. The van der Waals surface area contributed by atoms with Crippen molar-refractivity contribution >= 4 is 28.5 Å². The molecule has 0 aliphatic heterocycles. The van der Waals surface area contributed by atoms with Crippen molar-refractivity contribution in [1.29, 1.82) is 0 Å². The average Bonchev–Trinajstić information content (AvgIpc) is 2.61. The molecule has 27 heavy (non-hydrogen) atoms. The Morgan fingerprint density at radius 3 is 2.70 bits per heavy atom. The second kappa shape index (κ2) is 7.10. The summed E-state index contributed by atoms with van der Waals surface area (Å²) in [4.78, 5) is 19.6. The number of carboxylic acids is 1. The summed E-state index contributed by atoms with van der Waals surface area (Å²) in [7, 11) is 0. The van der Waals surface area contributed by atoms with Gasteiger partial charge >= 0.3 is 12.3 Å². The quantitative estimate of drug-likeness (QED) is 0.680. The standard InChI is InChI=1S/C18H14F3N3O3/c1-2-10-4-3-5-12-9-22-17(24-15(10)12)23-13-8-11(16(25)26)6-7-14(13)27-18(19,20)21/h3-9H,2H2,1H3,(H,25,26)(H,22,23,24). The van der Waals surface area contributed by atoms with Gasteiger partial charge in [0.1, 0.15) is 0 Å². The molecular formula is C18H14F3N3O3. The van der Waals surface area contributed by atoms with Crippen LogP contribution in [0.1, 0.15) is 22.8 Å². The maximum absolute atomic E-state index is 12.6. The van der Waals surface area contributed by atoms with Crippen LogP contribution in [0, 0.1) is 0 Å². The number of carbonyl (C=O) groups is 1. The minimum absolute atomic E-state index is 0.0259. The van der Waals surface area contributed by atoms with Gasteiger partial charge in [0.2, 0.25) is 5.95 Å². The monoisotopic (exact) mass is 377 g/mol. The summed E-state index contributed by atoms with van der Waals surface area (Å²) in [6.45, 7) is 1.95. The first-order valence-electron chi connectivity index (χ1n) is 7.91. The summed E-state index contributed by atoms with van der Waals surface area (Å²) in [6.07, 6.45) is -2.68. The van der Waals surface area contributed by atoms with E-state index in [1.165, 1.54) is 6.20 Å². The zero-order valence-corrected chi connectivity index (χ0v) is 14.0. The molecule has 0 saturated heterocycles. The molecule has 2 N–H and O–H groups in total. The minimum atomic E-state index is -4.93. The number of aryl methyl sites for hydroxylation is 1. The molecule has 3 aromatic rings. The molecule has 0 bridgehead atoms. The summed E-state index contributed by atoms with van der Waals surface area (Å²) in [5.41, 5.74) is 1.19. The topological polar surface area (TPSA) is 84.3 Å². The molecule has 0 spiro atoms. The average molecular weight is 377 g/mol. The largest absolute Gasteiger partial charge is 0.573 e. The molecule has 0 aliphatic rings. The lowest BCUT2D eigenvalue weighted by Crippen LogP contribution is -2.18. The van der Waals surface area contributed by atoms with Crippen LogP contribution in [0.15, 0.2) is 42.6 Å². The van der Waals surface area contributed by atoms with Crippen molar-refractivity contribution < 1.29 is 27.8 Å². The van der Waals surface area contributed by atoms with E-state index in [-0.39, 0.29) is 17.2 Å². The summed E-state index contributed by atoms with van der Waals surface area (Å²) in [5, 5.41) is 12.5.